The fraction of sp³-hybridized carbons (Fsp3) is 0.263. The Kier molecular flexibility index (Phi) is 6.98. The Labute approximate surface area is 152 Å². The summed E-state index contributed by atoms with van der Waals surface area (Å²) in [6, 6.07) is 14.7. The van der Waals surface area contributed by atoms with Gasteiger partial charge in [-0.2, -0.15) is 0 Å². The van der Waals surface area contributed by atoms with Crippen LogP contribution in [0.2, 0.25) is 5.02 Å². The molecule has 0 aliphatic heterocycles. The first-order chi connectivity index (χ1) is 12.0. The molecule has 2 rings (SSSR count). The molecule has 25 heavy (non-hydrogen) atoms. The third-order valence-corrected chi connectivity index (χ3v) is 4.26. The minimum absolute atomic E-state index is 0.0593. The molecular weight excluding hydrogens is 340 g/mol. The molecule has 0 fully saturated rings. The van der Waals surface area contributed by atoms with E-state index in [1.165, 1.54) is 7.11 Å². The molecule has 2 aromatic rings. The lowest BCUT2D eigenvalue weighted by atomic mass is 10.1. The number of nitrogens with one attached hydrogen (secondary N) is 1. The number of methoxy groups -OCH3 is 1. The van der Waals surface area contributed by atoms with Gasteiger partial charge in [-0.15, -0.1) is 0 Å². The first kappa shape index (κ1) is 19.0. The van der Waals surface area contributed by atoms with Crippen LogP contribution in [0.15, 0.2) is 48.5 Å². The smallest absolute Gasteiger partial charge is 0.337 e. The molecule has 0 spiro atoms. The molecule has 6 heteroatoms. The standard InChI is InChI=1S/C19H21ClN2O3/c1-13(16-5-3-4-6-17(16)20)21-12-18(23)22-11-14-7-9-15(10-8-14)19(24)25-2/h3-10,13,21H,11-12H2,1-2H3,(H,22,23)/p+1/t13-/m0/s1. The van der Waals surface area contributed by atoms with Crippen molar-refractivity contribution in [3.8, 4) is 0 Å². The van der Waals surface area contributed by atoms with Gasteiger partial charge in [0, 0.05) is 17.1 Å². The van der Waals surface area contributed by atoms with Crippen molar-refractivity contribution in [3.63, 3.8) is 0 Å². The number of halogens is 1. The van der Waals surface area contributed by atoms with Gasteiger partial charge >= 0.3 is 5.97 Å². The van der Waals surface area contributed by atoms with Crippen molar-refractivity contribution in [2.75, 3.05) is 13.7 Å². The van der Waals surface area contributed by atoms with E-state index in [2.05, 4.69) is 10.1 Å². The summed E-state index contributed by atoms with van der Waals surface area (Å²) in [4.78, 5) is 23.4. The highest BCUT2D eigenvalue weighted by molar-refractivity contribution is 6.31. The lowest BCUT2D eigenvalue weighted by molar-refractivity contribution is -0.682. The first-order valence-corrected chi connectivity index (χ1v) is 8.40. The third kappa shape index (κ3) is 5.59. The van der Waals surface area contributed by atoms with E-state index in [0.29, 0.717) is 23.7 Å². The van der Waals surface area contributed by atoms with E-state index < -0.39 is 0 Å². The molecule has 3 N–H and O–H groups in total. The molecule has 0 bridgehead atoms. The van der Waals surface area contributed by atoms with E-state index in [-0.39, 0.29) is 17.9 Å². The number of carbonyl (C=O) groups is 2. The highest BCUT2D eigenvalue weighted by Gasteiger charge is 2.14. The average Bonchev–Trinajstić information content (AvgIpc) is 2.64. The van der Waals surface area contributed by atoms with Gasteiger partial charge < -0.3 is 15.4 Å². The summed E-state index contributed by atoms with van der Waals surface area (Å²) in [5.74, 6) is -0.435. The fourth-order valence-corrected chi connectivity index (χ4v) is 2.71. The molecule has 0 aliphatic rings. The Balaban J connectivity index is 1.79. The molecule has 1 atom stereocenters. The number of ether oxygens (including phenoxy) is 1. The van der Waals surface area contributed by atoms with Crippen LogP contribution in [-0.2, 0) is 16.1 Å². The predicted molar refractivity (Wildman–Crippen MR) is 96.3 cm³/mol. The van der Waals surface area contributed by atoms with Crippen molar-refractivity contribution in [1.29, 1.82) is 0 Å². The van der Waals surface area contributed by atoms with Crippen molar-refractivity contribution in [2.24, 2.45) is 0 Å². The molecule has 0 radical (unpaired) electrons. The summed E-state index contributed by atoms with van der Waals surface area (Å²) < 4.78 is 4.65. The maximum atomic E-state index is 12.0. The molecule has 1 amide bonds. The largest absolute Gasteiger partial charge is 0.465 e. The van der Waals surface area contributed by atoms with Gasteiger partial charge in [-0.25, -0.2) is 4.79 Å². The summed E-state index contributed by atoms with van der Waals surface area (Å²) in [5.41, 5.74) is 2.41. The van der Waals surface area contributed by atoms with Crippen molar-refractivity contribution in [2.45, 2.75) is 19.5 Å². The first-order valence-electron chi connectivity index (χ1n) is 8.03. The van der Waals surface area contributed by atoms with Gasteiger partial charge in [0.05, 0.1) is 12.7 Å². The van der Waals surface area contributed by atoms with Gasteiger partial charge in [0.2, 0.25) is 0 Å². The lowest BCUT2D eigenvalue weighted by Gasteiger charge is -2.12. The summed E-state index contributed by atoms with van der Waals surface area (Å²) in [6.07, 6.45) is 0. The van der Waals surface area contributed by atoms with Gasteiger partial charge in [-0.3, -0.25) is 4.79 Å². The Morgan fingerprint density at radius 2 is 1.84 bits per heavy atom. The number of rotatable bonds is 7. The van der Waals surface area contributed by atoms with Gasteiger partial charge in [0.1, 0.15) is 6.04 Å². The van der Waals surface area contributed by atoms with E-state index in [1.54, 1.807) is 24.3 Å². The summed E-state index contributed by atoms with van der Waals surface area (Å²) in [5, 5.41) is 5.51. The molecule has 0 aliphatic carbocycles. The summed E-state index contributed by atoms with van der Waals surface area (Å²) in [6.45, 7) is 2.74. The second kappa shape index (κ2) is 9.20. The van der Waals surface area contributed by atoms with E-state index in [4.69, 9.17) is 11.6 Å². The minimum atomic E-state index is -0.376. The third-order valence-electron chi connectivity index (χ3n) is 3.92. The van der Waals surface area contributed by atoms with Crippen LogP contribution in [0.25, 0.3) is 0 Å². The number of hydrogen-bond donors (Lipinski definition) is 2. The van der Waals surface area contributed by atoms with Crippen molar-refractivity contribution in [3.05, 3.63) is 70.2 Å². The van der Waals surface area contributed by atoms with Crippen LogP contribution in [0.5, 0.6) is 0 Å². The fourth-order valence-electron chi connectivity index (χ4n) is 2.40. The number of nitrogens with two attached hydrogens (primary N) is 1. The van der Waals surface area contributed by atoms with Crippen LogP contribution in [-0.4, -0.2) is 25.5 Å². The Bertz CT molecular complexity index is 732. The maximum absolute atomic E-state index is 12.0. The summed E-state index contributed by atoms with van der Waals surface area (Å²) >= 11 is 6.17. The molecule has 2 aromatic carbocycles. The topological polar surface area (TPSA) is 72.0 Å². The van der Waals surface area contributed by atoms with Gasteiger partial charge in [0.15, 0.2) is 6.54 Å². The zero-order chi connectivity index (χ0) is 18.2. The predicted octanol–water partition coefficient (Wildman–Crippen LogP) is 2.07. The van der Waals surface area contributed by atoms with Crippen LogP contribution in [0.3, 0.4) is 0 Å². The van der Waals surface area contributed by atoms with Crippen LogP contribution < -0.4 is 10.6 Å². The van der Waals surface area contributed by atoms with Crippen LogP contribution >= 0.6 is 11.6 Å². The number of hydrogen-bond acceptors (Lipinski definition) is 3. The quantitative estimate of drug-likeness (QED) is 0.741. The lowest BCUT2D eigenvalue weighted by Crippen LogP contribution is -2.87. The zero-order valence-electron chi connectivity index (χ0n) is 14.3. The van der Waals surface area contributed by atoms with E-state index in [1.807, 2.05) is 36.5 Å². The maximum Gasteiger partial charge on any atom is 0.337 e. The van der Waals surface area contributed by atoms with E-state index in [0.717, 1.165) is 11.1 Å². The molecule has 0 saturated carbocycles. The van der Waals surface area contributed by atoms with E-state index >= 15 is 0 Å². The van der Waals surface area contributed by atoms with Crippen molar-refractivity contribution >= 4 is 23.5 Å². The van der Waals surface area contributed by atoms with Crippen LogP contribution in [0, 0.1) is 0 Å². The SMILES string of the molecule is COC(=O)c1ccc(CNC(=O)C[NH2+][C@@H](C)c2ccccc2Cl)cc1. The number of carbonyl (C=O) groups excluding carboxylic acids is 2. The molecular formula is C19H22ClN2O3+. The molecule has 5 nitrogen and oxygen atoms in total. The van der Waals surface area contributed by atoms with Crippen LogP contribution in [0.1, 0.15) is 34.5 Å². The monoisotopic (exact) mass is 361 g/mol. The molecule has 132 valence electrons. The number of quaternary nitrogens is 1. The summed E-state index contributed by atoms with van der Waals surface area (Å²) in [7, 11) is 1.34. The molecule has 0 aromatic heterocycles. The van der Waals surface area contributed by atoms with Gasteiger partial charge in [0.25, 0.3) is 5.91 Å². The highest BCUT2D eigenvalue weighted by atomic mass is 35.5. The number of esters is 1. The molecule has 0 saturated heterocycles. The van der Waals surface area contributed by atoms with Gasteiger partial charge in [-0.05, 0) is 30.7 Å². The van der Waals surface area contributed by atoms with Crippen LogP contribution in [0.4, 0.5) is 0 Å². The zero-order valence-corrected chi connectivity index (χ0v) is 15.0. The molecule has 0 heterocycles. The number of amides is 1. The normalized spacial score (nSPS) is 11.6. The van der Waals surface area contributed by atoms with Crippen molar-refractivity contribution in [1.82, 2.24) is 5.32 Å². The number of benzene rings is 2. The van der Waals surface area contributed by atoms with Gasteiger partial charge in [-0.1, -0.05) is 41.9 Å². The highest BCUT2D eigenvalue weighted by Crippen LogP contribution is 2.19. The van der Waals surface area contributed by atoms with Crippen molar-refractivity contribution < 1.29 is 19.6 Å². The Morgan fingerprint density at radius 1 is 1.16 bits per heavy atom. The minimum Gasteiger partial charge on any atom is -0.465 e. The van der Waals surface area contributed by atoms with E-state index in [9.17, 15) is 9.59 Å². The molecule has 0 unspecified atom stereocenters. The second-order valence-corrected chi connectivity index (χ2v) is 6.12. The second-order valence-electron chi connectivity index (χ2n) is 5.72. The average molecular weight is 362 g/mol. The Morgan fingerprint density at radius 3 is 2.48 bits per heavy atom. The Hall–Kier alpha value is -2.37.